The van der Waals surface area contributed by atoms with Gasteiger partial charge in [-0.1, -0.05) is 82.8 Å². The van der Waals surface area contributed by atoms with Gasteiger partial charge in [-0.3, -0.25) is 0 Å². The van der Waals surface area contributed by atoms with Crippen molar-refractivity contribution < 1.29 is 0 Å². The quantitative estimate of drug-likeness (QED) is 0.411. The van der Waals surface area contributed by atoms with Gasteiger partial charge in [-0.05, 0) is 37.1 Å². The van der Waals surface area contributed by atoms with Crippen molar-refractivity contribution in [3.63, 3.8) is 0 Å². The first-order valence-electron chi connectivity index (χ1n) is 6.81. The Morgan fingerprint density at radius 3 is 1.43 bits per heavy atom. The Bertz CT molecular complexity index is 703. The predicted molar refractivity (Wildman–Crippen MR) is 103 cm³/mol. The molecule has 2 nitrogen and oxygen atoms in total. The number of halogens is 4. The Labute approximate surface area is 155 Å². The second kappa shape index (κ2) is 7.67. The van der Waals surface area contributed by atoms with Crippen LogP contribution in [0.5, 0.6) is 0 Å². The van der Waals surface area contributed by atoms with Crippen molar-refractivity contribution in [1.82, 2.24) is 0 Å². The summed E-state index contributed by atoms with van der Waals surface area (Å²) in [7, 11) is 0. The van der Waals surface area contributed by atoms with Gasteiger partial charge in [0.05, 0.1) is 11.4 Å². The lowest BCUT2D eigenvalue weighted by Gasteiger charge is -2.16. The molecule has 0 spiro atoms. The lowest BCUT2D eigenvalue weighted by atomic mass is 10.2. The van der Waals surface area contributed by atoms with E-state index in [0.29, 0.717) is 11.4 Å². The van der Waals surface area contributed by atoms with Gasteiger partial charge in [0.25, 0.3) is 0 Å². The zero-order valence-corrected chi connectivity index (χ0v) is 15.5. The minimum absolute atomic E-state index is 0.0579. The summed E-state index contributed by atoms with van der Waals surface area (Å²) in [5, 5.41) is -0.116. The monoisotopic (exact) mass is 386 g/mol. The van der Waals surface area contributed by atoms with E-state index in [2.05, 4.69) is 9.98 Å². The molecule has 0 atom stereocenters. The molecule has 0 saturated heterocycles. The largest absolute Gasteiger partial charge is 0.237 e. The van der Waals surface area contributed by atoms with Crippen molar-refractivity contribution in [2.24, 2.45) is 9.98 Å². The van der Waals surface area contributed by atoms with Crippen LogP contribution in [0.4, 0.5) is 11.4 Å². The van der Waals surface area contributed by atoms with Crippen LogP contribution in [0.25, 0.3) is 0 Å². The van der Waals surface area contributed by atoms with Crippen molar-refractivity contribution in [2.45, 2.75) is 18.2 Å². The summed E-state index contributed by atoms with van der Waals surface area (Å²) in [6.07, 6.45) is 0. The maximum atomic E-state index is 6.28. The summed E-state index contributed by atoms with van der Waals surface area (Å²) in [5.74, 6) is 0. The van der Waals surface area contributed by atoms with Crippen molar-refractivity contribution in [3.05, 3.63) is 59.7 Å². The van der Waals surface area contributed by atoms with Crippen molar-refractivity contribution in [2.75, 3.05) is 0 Å². The third-order valence-corrected chi connectivity index (χ3v) is 5.03. The standard InChI is InChI=1S/C17H14Cl4N2/c1-11-7-3-5-9-13(11)22-15(18)17(20,21)16(19)23-14-10-6-4-8-12(14)2/h3-10H,1-2H3. The SMILES string of the molecule is Cc1ccccc1N=C(Cl)C(Cl)(Cl)C(Cl)=Nc1ccccc1C. The molecular weight excluding hydrogens is 374 g/mol. The van der Waals surface area contributed by atoms with E-state index in [1.807, 2.05) is 62.4 Å². The van der Waals surface area contributed by atoms with Crippen LogP contribution in [-0.2, 0) is 0 Å². The summed E-state index contributed by atoms with van der Waals surface area (Å²) >= 11 is 25.0. The van der Waals surface area contributed by atoms with Gasteiger partial charge >= 0.3 is 0 Å². The number of nitrogens with zero attached hydrogens (tertiary/aromatic N) is 2. The van der Waals surface area contributed by atoms with Crippen LogP contribution in [-0.4, -0.2) is 14.7 Å². The van der Waals surface area contributed by atoms with E-state index < -0.39 is 4.33 Å². The van der Waals surface area contributed by atoms with Crippen molar-refractivity contribution in [3.8, 4) is 0 Å². The number of aryl methyl sites for hydroxylation is 2. The van der Waals surface area contributed by atoms with E-state index in [1.165, 1.54) is 0 Å². The predicted octanol–water partition coefficient (Wildman–Crippen LogP) is 6.72. The topological polar surface area (TPSA) is 24.7 Å². The molecule has 2 aromatic carbocycles. The molecule has 0 fully saturated rings. The number of hydrogen-bond donors (Lipinski definition) is 0. The summed E-state index contributed by atoms with van der Waals surface area (Å²) in [6.45, 7) is 3.83. The molecule has 0 radical (unpaired) electrons. The Morgan fingerprint density at radius 1 is 0.739 bits per heavy atom. The molecule has 0 aliphatic rings. The van der Waals surface area contributed by atoms with Crippen LogP contribution >= 0.6 is 46.4 Å². The van der Waals surface area contributed by atoms with Crippen LogP contribution < -0.4 is 0 Å². The Hall–Kier alpha value is -1.06. The lowest BCUT2D eigenvalue weighted by Crippen LogP contribution is -2.29. The number of alkyl halides is 2. The van der Waals surface area contributed by atoms with Crippen LogP contribution in [0.2, 0.25) is 0 Å². The second-order valence-electron chi connectivity index (χ2n) is 4.95. The third-order valence-electron chi connectivity index (χ3n) is 3.19. The minimum atomic E-state index is -1.71. The zero-order valence-electron chi connectivity index (χ0n) is 12.5. The first-order valence-corrected chi connectivity index (χ1v) is 8.32. The van der Waals surface area contributed by atoms with Crippen molar-refractivity contribution in [1.29, 1.82) is 0 Å². The minimum Gasteiger partial charge on any atom is -0.237 e. The highest BCUT2D eigenvalue weighted by molar-refractivity contribution is 6.93. The molecule has 0 amide bonds. The van der Waals surface area contributed by atoms with E-state index in [4.69, 9.17) is 46.4 Å². The average molecular weight is 388 g/mol. The first-order chi connectivity index (χ1) is 10.8. The van der Waals surface area contributed by atoms with E-state index >= 15 is 0 Å². The number of rotatable bonds is 4. The molecule has 0 unspecified atom stereocenters. The Morgan fingerprint density at radius 2 is 1.09 bits per heavy atom. The number of para-hydroxylation sites is 2. The molecule has 0 bridgehead atoms. The fourth-order valence-electron chi connectivity index (χ4n) is 1.81. The normalized spacial score (nSPS) is 13.3. The van der Waals surface area contributed by atoms with Gasteiger partial charge in [0.15, 0.2) is 0 Å². The zero-order chi connectivity index (χ0) is 17.0. The van der Waals surface area contributed by atoms with Crippen LogP contribution in [0.3, 0.4) is 0 Å². The molecule has 0 heterocycles. The van der Waals surface area contributed by atoms with E-state index in [9.17, 15) is 0 Å². The molecule has 23 heavy (non-hydrogen) atoms. The molecule has 0 aromatic heterocycles. The van der Waals surface area contributed by atoms with Crippen LogP contribution in [0.15, 0.2) is 58.5 Å². The number of aliphatic imine (C=N–C) groups is 2. The van der Waals surface area contributed by atoms with E-state index in [1.54, 1.807) is 0 Å². The number of hydrogen-bond acceptors (Lipinski definition) is 2. The van der Waals surface area contributed by atoms with Gasteiger partial charge in [0, 0.05) is 0 Å². The van der Waals surface area contributed by atoms with Gasteiger partial charge in [0.2, 0.25) is 4.33 Å². The highest BCUT2D eigenvalue weighted by Gasteiger charge is 2.36. The highest BCUT2D eigenvalue weighted by atomic mass is 35.5. The summed E-state index contributed by atoms with van der Waals surface area (Å²) in [6, 6.07) is 15.0. The molecule has 0 aliphatic heterocycles. The molecule has 2 rings (SSSR count). The third kappa shape index (κ3) is 4.48. The summed E-state index contributed by atoms with van der Waals surface area (Å²) in [5.41, 5.74) is 3.23. The van der Waals surface area contributed by atoms with Crippen LogP contribution in [0, 0.1) is 13.8 Å². The maximum absolute atomic E-state index is 6.28. The van der Waals surface area contributed by atoms with Gasteiger partial charge in [-0.15, -0.1) is 0 Å². The summed E-state index contributed by atoms with van der Waals surface area (Å²) < 4.78 is -1.71. The molecule has 0 saturated carbocycles. The average Bonchev–Trinajstić information content (AvgIpc) is 2.51. The molecule has 0 N–H and O–H groups in total. The number of benzene rings is 2. The molecule has 0 aliphatic carbocycles. The van der Waals surface area contributed by atoms with Gasteiger partial charge in [-0.2, -0.15) is 0 Å². The molecule has 2 aromatic rings. The van der Waals surface area contributed by atoms with Crippen LogP contribution in [0.1, 0.15) is 11.1 Å². The Kier molecular flexibility index (Phi) is 6.10. The fraction of sp³-hybridized carbons (Fsp3) is 0.176. The Balaban J connectivity index is 2.37. The van der Waals surface area contributed by atoms with Crippen molar-refractivity contribution >= 4 is 68.1 Å². The fourth-order valence-corrected chi connectivity index (χ4v) is 2.39. The lowest BCUT2D eigenvalue weighted by molar-refractivity contribution is 1.35. The first kappa shape index (κ1) is 18.3. The maximum Gasteiger partial charge on any atom is 0.222 e. The molecular formula is C17H14Cl4N2. The second-order valence-corrected chi connectivity index (χ2v) is 7.00. The summed E-state index contributed by atoms with van der Waals surface area (Å²) in [4.78, 5) is 8.54. The highest BCUT2D eigenvalue weighted by Crippen LogP contribution is 2.33. The van der Waals surface area contributed by atoms with E-state index in [-0.39, 0.29) is 10.3 Å². The van der Waals surface area contributed by atoms with E-state index in [0.717, 1.165) is 11.1 Å². The van der Waals surface area contributed by atoms with Gasteiger partial charge in [0.1, 0.15) is 10.3 Å². The van der Waals surface area contributed by atoms with Gasteiger partial charge in [-0.25, -0.2) is 9.98 Å². The molecule has 6 heteroatoms. The van der Waals surface area contributed by atoms with Gasteiger partial charge < -0.3 is 0 Å². The smallest absolute Gasteiger partial charge is 0.222 e. The molecule has 120 valence electrons.